The van der Waals surface area contributed by atoms with Crippen LogP contribution in [0.3, 0.4) is 0 Å². The minimum Gasteiger partial charge on any atom is -0.496 e. The summed E-state index contributed by atoms with van der Waals surface area (Å²) in [5.41, 5.74) is 0.854. The van der Waals surface area contributed by atoms with Gasteiger partial charge >= 0.3 is 0 Å². The van der Waals surface area contributed by atoms with Gasteiger partial charge in [0.1, 0.15) is 17.3 Å². The smallest absolute Gasteiger partial charge is 0.147 e. The molecule has 0 aliphatic heterocycles. The Morgan fingerprint density at radius 1 is 1.18 bits per heavy atom. The third kappa shape index (κ3) is 4.11. The fourth-order valence-corrected chi connectivity index (χ4v) is 4.61. The fraction of sp³-hybridized carbons (Fsp3) is 0.588. The van der Waals surface area contributed by atoms with Crippen LogP contribution in [0.15, 0.2) is 12.1 Å². The Kier molecular flexibility index (Phi) is 6.45. The van der Waals surface area contributed by atoms with Gasteiger partial charge in [0.05, 0.1) is 24.5 Å². The van der Waals surface area contributed by atoms with Gasteiger partial charge in [-0.25, -0.2) is 0 Å². The van der Waals surface area contributed by atoms with Crippen LogP contribution in [-0.4, -0.2) is 25.3 Å². The molecular formula is C17H23ClO3S. The lowest BCUT2D eigenvalue weighted by Crippen LogP contribution is -2.15. The number of ketones is 1. The van der Waals surface area contributed by atoms with Crippen molar-refractivity contribution in [3.05, 3.63) is 22.7 Å². The molecule has 1 aliphatic carbocycles. The maximum atomic E-state index is 12.2. The van der Waals surface area contributed by atoms with Gasteiger partial charge in [0, 0.05) is 16.9 Å². The van der Waals surface area contributed by atoms with E-state index in [2.05, 4.69) is 0 Å². The number of Topliss-reactive ketones (excluding diaryl/α,β-unsaturated/α-hetero) is 1. The number of halogens is 1. The number of rotatable bonds is 6. The predicted molar refractivity (Wildman–Crippen MR) is 92.4 cm³/mol. The molecule has 1 aliphatic rings. The average molecular weight is 343 g/mol. The first kappa shape index (κ1) is 17.5. The molecule has 5 heteroatoms. The molecule has 0 heterocycles. The molecule has 0 saturated heterocycles. The monoisotopic (exact) mass is 342 g/mol. The van der Waals surface area contributed by atoms with Crippen molar-refractivity contribution in [2.24, 2.45) is 0 Å². The summed E-state index contributed by atoms with van der Waals surface area (Å²) in [4.78, 5) is 12.2. The Labute approximate surface area is 141 Å². The van der Waals surface area contributed by atoms with Gasteiger partial charge in [0.15, 0.2) is 0 Å². The van der Waals surface area contributed by atoms with E-state index in [1.807, 2.05) is 6.07 Å². The van der Waals surface area contributed by atoms with Crippen molar-refractivity contribution in [1.82, 2.24) is 0 Å². The van der Waals surface area contributed by atoms with Crippen molar-refractivity contribution in [2.75, 3.05) is 14.2 Å². The molecule has 0 radical (unpaired) electrons. The van der Waals surface area contributed by atoms with Crippen LogP contribution in [0.25, 0.3) is 0 Å². The Balaban J connectivity index is 2.32. The van der Waals surface area contributed by atoms with Gasteiger partial charge in [0.2, 0.25) is 0 Å². The number of ether oxygens (including phenoxy) is 2. The Hall–Kier alpha value is -0.870. The molecule has 1 fully saturated rings. The van der Waals surface area contributed by atoms with Crippen LogP contribution in [-0.2, 0) is 4.79 Å². The van der Waals surface area contributed by atoms with Crippen molar-refractivity contribution in [3.8, 4) is 11.5 Å². The van der Waals surface area contributed by atoms with Gasteiger partial charge in [-0.15, -0.1) is 11.8 Å². The van der Waals surface area contributed by atoms with Crippen LogP contribution in [0.1, 0.15) is 49.8 Å². The van der Waals surface area contributed by atoms with E-state index in [9.17, 15) is 4.79 Å². The normalized spacial score (nSPS) is 17.1. The molecular weight excluding hydrogens is 320 g/mol. The molecule has 0 spiro atoms. The average Bonchev–Trinajstić information content (AvgIpc) is 2.53. The largest absolute Gasteiger partial charge is 0.496 e. The second-order valence-corrected chi connectivity index (χ2v) is 7.43. The second-order valence-electron chi connectivity index (χ2n) is 5.62. The molecule has 0 amide bonds. The van der Waals surface area contributed by atoms with Gasteiger partial charge in [-0.05, 0) is 25.8 Å². The van der Waals surface area contributed by atoms with Gasteiger partial charge in [-0.2, -0.15) is 0 Å². The number of thioether (sulfide) groups is 1. The highest BCUT2D eigenvalue weighted by atomic mass is 35.5. The van der Waals surface area contributed by atoms with Crippen LogP contribution >= 0.6 is 23.4 Å². The molecule has 1 aromatic rings. The Morgan fingerprint density at radius 3 is 2.36 bits per heavy atom. The lowest BCUT2D eigenvalue weighted by atomic mass is 10.0. The molecule has 122 valence electrons. The highest BCUT2D eigenvalue weighted by molar-refractivity contribution is 8.00. The van der Waals surface area contributed by atoms with Crippen LogP contribution in [0, 0.1) is 0 Å². The SMILES string of the molecule is COc1cc(C(SC2CCCCC2)C(C)=O)c(OC)cc1Cl. The summed E-state index contributed by atoms with van der Waals surface area (Å²) < 4.78 is 10.7. The summed E-state index contributed by atoms with van der Waals surface area (Å²) >= 11 is 7.91. The molecule has 1 unspecified atom stereocenters. The maximum absolute atomic E-state index is 12.2. The molecule has 0 N–H and O–H groups in total. The van der Waals surface area contributed by atoms with E-state index in [0.717, 1.165) is 5.56 Å². The second kappa shape index (κ2) is 8.11. The van der Waals surface area contributed by atoms with Crippen LogP contribution in [0.4, 0.5) is 0 Å². The molecule has 22 heavy (non-hydrogen) atoms. The van der Waals surface area contributed by atoms with Crippen molar-refractivity contribution >= 4 is 29.1 Å². The number of hydrogen-bond acceptors (Lipinski definition) is 4. The van der Waals surface area contributed by atoms with E-state index >= 15 is 0 Å². The van der Waals surface area contributed by atoms with Gasteiger partial charge in [-0.1, -0.05) is 30.9 Å². The summed E-state index contributed by atoms with van der Waals surface area (Å²) in [6.07, 6.45) is 6.18. The van der Waals surface area contributed by atoms with Crippen LogP contribution < -0.4 is 9.47 Å². The summed E-state index contributed by atoms with van der Waals surface area (Å²) in [5, 5.41) is 0.798. The number of methoxy groups -OCH3 is 2. The first-order chi connectivity index (χ1) is 10.6. The quantitative estimate of drug-likeness (QED) is 0.724. The zero-order valence-electron chi connectivity index (χ0n) is 13.4. The van der Waals surface area contributed by atoms with Crippen molar-refractivity contribution < 1.29 is 14.3 Å². The highest BCUT2D eigenvalue weighted by Crippen LogP contribution is 2.44. The van der Waals surface area contributed by atoms with E-state index in [-0.39, 0.29) is 11.0 Å². The molecule has 0 bridgehead atoms. The maximum Gasteiger partial charge on any atom is 0.147 e. The van der Waals surface area contributed by atoms with Crippen LogP contribution in [0.5, 0.6) is 11.5 Å². The summed E-state index contributed by atoms with van der Waals surface area (Å²) in [6, 6.07) is 3.57. The van der Waals surface area contributed by atoms with Gasteiger partial charge in [-0.3, -0.25) is 4.79 Å². The van der Waals surface area contributed by atoms with Crippen molar-refractivity contribution in [2.45, 2.75) is 49.5 Å². The van der Waals surface area contributed by atoms with E-state index in [1.165, 1.54) is 32.1 Å². The zero-order valence-corrected chi connectivity index (χ0v) is 14.9. The minimum absolute atomic E-state index is 0.137. The van der Waals surface area contributed by atoms with Crippen LogP contribution in [0.2, 0.25) is 5.02 Å². The third-order valence-electron chi connectivity index (χ3n) is 4.04. The summed E-state index contributed by atoms with van der Waals surface area (Å²) in [7, 11) is 3.18. The topological polar surface area (TPSA) is 35.5 Å². The fourth-order valence-electron chi connectivity index (χ4n) is 2.87. The van der Waals surface area contributed by atoms with E-state index in [0.29, 0.717) is 21.8 Å². The van der Waals surface area contributed by atoms with Crippen molar-refractivity contribution in [1.29, 1.82) is 0 Å². The lowest BCUT2D eigenvalue weighted by molar-refractivity contribution is -0.116. The molecule has 0 aromatic heterocycles. The first-order valence-corrected chi connectivity index (χ1v) is 8.96. The predicted octanol–water partition coefficient (Wildman–Crippen LogP) is 5.05. The first-order valence-electron chi connectivity index (χ1n) is 7.64. The number of carbonyl (C=O) groups is 1. The lowest BCUT2D eigenvalue weighted by Gasteiger charge is -2.26. The highest BCUT2D eigenvalue weighted by Gasteiger charge is 2.27. The molecule has 3 nitrogen and oxygen atoms in total. The van der Waals surface area contributed by atoms with E-state index in [1.54, 1.807) is 39.0 Å². The number of carbonyl (C=O) groups excluding carboxylic acids is 1. The molecule has 1 saturated carbocycles. The Bertz CT molecular complexity index is 527. The van der Waals surface area contributed by atoms with E-state index < -0.39 is 0 Å². The zero-order chi connectivity index (χ0) is 16.1. The van der Waals surface area contributed by atoms with Crippen molar-refractivity contribution in [3.63, 3.8) is 0 Å². The minimum atomic E-state index is -0.232. The van der Waals surface area contributed by atoms with Gasteiger partial charge < -0.3 is 9.47 Å². The number of hydrogen-bond donors (Lipinski definition) is 0. The van der Waals surface area contributed by atoms with Gasteiger partial charge in [0.25, 0.3) is 0 Å². The molecule has 1 aromatic carbocycles. The number of benzene rings is 1. The molecule has 2 rings (SSSR count). The third-order valence-corrected chi connectivity index (χ3v) is 6.05. The standard InChI is InChI=1S/C17H23ClO3S/c1-11(19)17(22-12-7-5-4-6-8-12)13-9-16(21-3)14(18)10-15(13)20-2/h9-10,12,17H,4-8H2,1-3H3. The Morgan fingerprint density at radius 2 is 1.82 bits per heavy atom. The summed E-state index contributed by atoms with van der Waals surface area (Å²) in [6.45, 7) is 1.64. The molecule has 1 atom stereocenters. The summed E-state index contributed by atoms with van der Waals surface area (Å²) in [5.74, 6) is 1.36. The van der Waals surface area contributed by atoms with E-state index in [4.69, 9.17) is 21.1 Å².